The Morgan fingerprint density at radius 3 is 2.89 bits per heavy atom. The first-order valence-corrected chi connectivity index (χ1v) is 7.06. The summed E-state index contributed by atoms with van der Waals surface area (Å²) in [6, 6.07) is 8.06. The van der Waals surface area contributed by atoms with Crippen molar-refractivity contribution in [3.8, 4) is 0 Å². The monoisotopic (exact) mass is 261 g/mol. The van der Waals surface area contributed by atoms with Crippen LogP contribution in [0.4, 0.5) is 5.69 Å². The van der Waals surface area contributed by atoms with E-state index in [1.54, 1.807) is 6.07 Å². The molecule has 1 fully saturated rings. The number of rotatable bonds is 4. The van der Waals surface area contributed by atoms with Gasteiger partial charge in [0.2, 0.25) is 0 Å². The van der Waals surface area contributed by atoms with Gasteiger partial charge in [-0.3, -0.25) is 0 Å². The Morgan fingerprint density at radius 1 is 1.47 bits per heavy atom. The Labute approximate surface area is 115 Å². The average Bonchev–Trinajstić information content (AvgIpc) is 2.69. The molecule has 1 saturated carbocycles. The molecule has 0 bridgehead atoms. The lowest BCUT2D eigenvalue weighted by Gasteiger charge is -2.28. The highest BCUT2D eigenvalue weighted by molar-refractivity contribution is 5.90. The maximum absolute atomic E-state index is 11.7. The highest BCUT2D eigenvalue weighted by Gasteiger charge is 2.34. The van der Waals surface area contributed by atoms with Crippen LogP contribution in [0, 0.1) is 5.41 Å². The maximum Gasteiger partial charge on any atom is 0.338 e. The maximum atomic E-state index is 11.7. The lowest BCUT2D eigenvalue weighted by molar-refractivity contribution is 0.0526. The number of benzene rings is 1. The second-order valence-corrected chi connectivity index (χ2v) is 5.88. The summed E-state index contributed by atoms with van der Waals surface area (Å²) in [5.41, 5.74) is 1.94. The minimum Gasteiger partial charge on any atom is -0.462 e. The fourth-order valence-corrected chi connectivity index (χ4v) is 2.75. The van der Waals surface area contributed by atoms with Crippen molar-refractivity contribution in [3.05, 3.63) is 29.8 Å². The molecule has 0 radical (unpaired) electrons. The molecule has 0 heterocycles. The summed E-state index contributed by atoms with van der Waals surface area (Å²) in [7, 11) is 0. The van der Waals surface area contributed by atoms with Crippen LogP contribution in [0.3, 0.4) is 0 Å². The van der Waals surface area contributed by atoms with Crippen molar-refractivity contribution < 1.29 is 9.53 Å². The van der Waals surface area contributed by atoms with Gasteiger partial charge in [0.05, 0.1) is 12.2 Å². The first-order chi connectivity index (χ1) is 9.03. The zero-order chi connectivity index (χ0) is 13.9. The number of carbonyl (C=O) groups excluding carboxylic acids is 1. The SMILES string of the molecule is CCOC(=O)c1cccc(NC2CCCC2(C)C)c1. The largest absolute Gasteiger partial charge is 0.462 e. The minimum atomic E-state index is -0.253. The molecule has 0 aliphatic heterocycles. The topological polar surface area (TPSA) is 38.3 Å². The standard InChI is InChI=1S/C16H23NO2/c1-4-19-15(18)12-7-5-8-13(11-12)17-14-9-6-10-16(14,2)3/h5,7-8,11,14,17H,4,6,9-10H2,1-3H3. The molecule has 3 nitrogen and oxygen atoms in total. The third-order valence-corrected chi connectivity index (χ3v) is 3.97. The highest BCUT2D eigenvalue weighted by Crippen LogP contribution is 2.39. The number of carbonyl (C=O) groups is 1. The predicted molar refractivity (Wildman–Crippen MR) is 77.4 cm³/mol. The summed E-state index contributed by atoms with van der Waals surface area (Å²) >= 11 is 0. The van der Waals surface area contributed by atoms with Gasteiger partial charge in [-0.15, -0.1) is 0 Å². The van der Waals surface area contributed by atoms with E-state index in [0.717, 1.165) is 5.69 Å². The zero-order valence-corrected chi connectivity index (χ0v) is 12.0. The molecular formula is C16H23NO2. The van der Waals surface area contributed by atoms with Crippen LogP contribution in [0.1, 0.15) is 50.4 Å². The second kappa shape index (κ2) is 5.64. The average molecular weight is 261 g/mol. The molecule has 1 aliphatic carbocycles. The number of hydrogen-bond acceptors (Lipinski definition) is 3. The van der Waals surface area contributed by atoms with Gasteiger partial charge in [0.15, 0.2) is 0 Å². The molecule has 19 heavy (non-hydrogen) atoms. The van der Waals surface area contributed by atoms with E-state index in [1.807, 2.05) is 25.1 Å². The molecule has 1 aliphatic rings. The van der Waals surface area contributed by atoms with Gasteiger partial charge >= 0.3 is 5.97 Å². The Balaban J connectivity index is 2.09. The molecule has 1 atom stereocenters. The van der Waals surface area contributed by atoms with Gasteiger partial charge < -0.3 is 10.1 Å². The van der Waals surface area contributed by atoms with Crippen molar-refractivity contribution in [3.63, 3.8) is 0 Å². The molecule has 3 heteroatoms. The van der Waals surface area contributed by atoms with Gasteiger partial charge in [-0.05, 0) is 43.4 Å². The smallest absolute Gasteiger partial charge is 0.338 e. The van der Waals surface area contributed by atoms with Gasteiger partial charge in [0.25, 0.3) is 0 Å². The van der Waals surface area contributed by atoms with E-state index in [0.29, 0.717) is 23.6 Å². The lowest BCUT2D eigenvalue weighted by Crippen LogP contribution is -2.30. The Morgan fingerprint density at radius 2 is 2.26 bits per heavy atom. The molecule has 0 aromatic heterocycles. The van der Waals surface area contributed by atoms with E-state index in [2.05, 4.69) is 19.2 Å². The fourth-order valence-electron chi connectivity index (χ4n) is 2.75. The summed E-state index contributed by atoms with van der Waals surface area (Å²) in [6.45, 7) is 6.83. The van der Waals surface area contributed by atoms with Crippen molar-refractivity contribution in [1.29, 1.82) is 0 Å². The molecule has 1 N–H and O–H groups in total. The van der Waals surface area contributed by atoms with Crippen molar-refractivity contribution in [2.24, 2.45) is 5.41 Å². The van der Waals surface area contributed by atoms with Crippen molar-refractivity contribution in [2.45, 2.75) is 46.1 Å². The molecule has 0 spiro atoms. The van der Waals surface area contributed by atoms with Crippen LogP contribution in [0.25, 0.3) is 0 Å². The van der Waals surface area contributed by atoms with E-state index < -0.39 is 0 Å². The van der Waals surface area contributed by atoms with Gasteiger partial charge in [-0.1, -0.05) is 26.3 Å². The van der Waals surface area contributed by atoms with E-state index in [9.17, 15) is 4.79 Å². The van der Waals surface area contributed by atoms with Crippen LogP contribution in [-0.4, -0.2) is 18.6 Å². The molecule has 1 unspecified atom stereocenters. The Kier molecular flexibility index (Phi) is 4.13. The summed E-state index contributed by atoms with van der Waals surface area (Å²) < 4.78 is 5.03. The minimum absolute atomic E-state index is 0.253. The van der Waals surface area contributed by atoms with Gasteiger partial charge in [-0.2, -0.15) is 0 Å². The number of anilines is 1. The van der Waals surface area contributed by atoms with Gasteiger partial charge in [0.1, 0.15) is 0 Å². The molecule has 104 valence electrons. The van der Waals surface area contributed by atoms with Gasteiger partial charge in [0, 0.05) is 11.7 Å². The first kappa shape index (κ1) is 13.9. The molecule has 0 amide bonds. The summed E-state index contributed by atoms with van der Waals surface area (Å²) in [5, 5.41) is 3.56. The van der Waals surface area contributed by atoms with Crippen molar-refractivity contribution in [1.82, 2.24) is 0 Å². The van der Waals surface area contributed by atoms with Crippen LogP contribution in [0.5, 0.6) is 0 Å². The normalized spacial score (nSPS) is 21.1. The van der Waals surface area contributed by atoms with Crippen molar-refractivity contribution >= 4 is 11.7 Å². The fraction of sp³-hybridized carbons (Fsp3) is 0.562. The van der Waals surface area contributed by atoms with E-state index in [-0.39, 0.29) is 5.97 Å². The number of esters is 1. The first-order valence-electron chi connectivity index (χ1n) is 7.06. The summed E-state index contributed by atoms with van der Waals surface area (Å²) in [5.74, 6) is -0.253. The van der Waals surface area contributed by atoms with E-state index in [1.165, 1.54) is 19.3 Å². The van der Waals surface area contributed by atoms with E-state index >= 15 is 0 Å². The van der Waals surface area contributed by atoms with Crippen molar-refractivity contribution in [2.75, 3.05) is 11.9 Å². The third-order valence-electron chi connectivity index (χ3n) is 3.97. The molecular weight excluding hydrogens is 238 g/mol. The quantitative estimate of drug-likeness (QED) is 0.836. The number of nitrogens with one attached hydrogen (secondary N) is 1. The van der Waals surface area contributed by atoms with Crippen LogP contribution >= 0.6 is 0 Å². The van der Waals surface area contributed by atoms with Crippen LogP contribution in [-0.2, 0) is 4.74 Å². The van der Waals surface area contributed by atoms with Gasteiger partial charge in [-0.25, -0.2) is 4.79 Å². The summed E-state index contributed by atoms with van der Waals surface area (Å²) in [6.07, 6.45) is 3.71. The Bertz CT molecular complexity index is 454. The summed E-state index contributed by atoms with van der Waals surface area (Å²) in [4.78, 5) is 11.7. The third kappa shape index (κ3) is 3.28. The second-order valence-electron chi connectivity index (χ2n) is 5.88. The molecule has 0 saturated heterocycles. The van der Waals surface area contributed by atoms with Crippen LogP contribution < -0.4 is 5.32 Å². The van der Waals surface area contributed by atoms with Crippen LogP contribution in [0.15, 0.2) is 24.3 Å². The Hall–Kier alpha value is -1.51. The van der Waals surface area contributed by atoms with Crippen LogP contribution in [0.2, 0.25) is 0 Å². The molecule has 2 rings (SSSR count). The number of ether oxygens (including phenoxy) is 1. The zero-order valence-electron chi connectivity index (χ0n) is 12.0. The number of hydrogen-bond donors (Lipinski definition) is 1. The molecule has 1 aromatic rings. The molecule has 1 aromatic carbocycles. The lowest BCUT2D eigenvalue weighted by atomic mass is 9.87. The predicted octanol–water partition coefficient (Wildman–Crippen LogP) is 3.85. The van der Waals surface area contributed by atoms with E-state index in [4.69, 9.17) is 4.74 Å². The highest BCUT2D eigenvalue weighted by atomic mass is 16.5.